The van der Waals surface area contributed by atoms with Crippen LogP contribution in [0.4, 0.5) is 0 Å². The summed E-state index contributed by atoms with van der Waals surface area (Å²) in [7, 11) is 0. The van der Waals surface area contributed by atoms with Gasteiger partial charge < -0.3 is 15.9 Å². The largest absolute Gasteiger partial charge is 0.393 e. The molecule has 76 valence electrons. The quantitative estimate of drug-likeness (QED) is 0.583. The minimum absolute atomic E-state index is 0.0789. The molecule has 1 aromatic rings. The van der Waals surface area contributed by atoms with Gasteiger partial charge in [-0.1, -0.05) is 6.07 Å². The fourth-order valence-corrected chi connectivity index (χ4v) is 1.02. The summed E-state index contributed by atoms with van der Waals surface area (Å²) < 4.78 is 0. The number of aliphatic hydroxyl groups is 2. The van der Waals surface area contributed by atoms with E-state index in [0.717, 1.165) is 0 Å². The zero-order valence-electron chi connectivity index (χ0n) is 7.55. The molecule has 1 aromatic heterocycles. The van der Waals surface area contributed by atoms with Crippen LogP contribution in [0.1, 0.15) is 17.4 Å². The Balaban J connectivity index is 2.73. The maximum atomic E-state index is 10.5. The number of rotatable bonds is 4. The molecule has 0 aromatic carbocycles. The van der Waals surface area contributed by atoms with Crippen molar-refractivity contribution in [3.8, 4) is 0 Å². The Morgan fingerprint density at radius 2 is 2.29 bits per heavy atom. The average Bonchev–Trinajstić information content (AvgIpc) is 2.17. The number of nitrogens with two attached hydrogens (primary N) is 1. The Bertz CT molecular complexity index is 310. The summed E-state index contributed by atoms with van der Waals surface area (Å²) in [5.74, 6) is -0.451. The molecule has 1 heterocycles. The highest BCUT2D eigenvalue weighted by Gasteiger charge is 2.06. The molecule has 0 saturated heterocycles. The molecule has 1 amide bonds. The van der Waals surface area contributed by atoms with E-state index in [2.05, 4.69) is 4.98 Å². The van der Waals surface area contributed by atoms with Gasteiger partial charge in [-0.2, -0.15) is 0 Å². The Morgan fingerprint density at radius 3 is 2.71 bits per heavy atom. The summed E-state index contributed by atoms with van der Waals surface area (Å²) in [5, 5.41) is 17.9. The van der Waals surface area contributed by atoms with E-state index in [4.69, 9.17) is 10.8 Å². The maximum Gasteiger partial charge on any atom is 0.223 e. The summed E-state index contributed by atoms with van der Waals surface area (Å²) >= 11 is 0. The monoisotopic (exact) mass is 196 g/mol. The molecule has 0 spiro atoms. The molecule has 0 aliphatic heterocycles. The van der Waals surface area contributed by atoms with Crippen LogP contribution in [-0.2, 0) is 11.2 Å². The molecular formula is C9H12N2O3. The zero-order chi connectivity index (χ0) is 10.6. The van der Waals surface area contributed by atoms with E-state index in [0.29, 0.717) is 11.3 Å². The van der Waals surface area contributed by atoms with Crippen LogP contribution in [0.5, 0.6) is 0 Å². The molecule has 14 heavy (non-hydrogen) atoms. The lowest BCUT2D eigenvalue weighted by Gasteiger charge is -2.06. The number of nitrogens with zero attached hydrogens (tertiary/aromatic N) is 1. The number of hydrogen-bond acceptors (Lipinski definition) is 4. The van der Waals surface area contributed by atoms with E-state index in [1.807, 2.05) is 0 Å². The summed E-state index contributed by atoms with van der Waals surface area (Å²) in [6, 6.07) is 3.20. The summed E-state index contributed by atoms with van der Waals surface area (Å²) in [5.41, 5.74) is 6.04. The Morgan fingerprint density at radius 1 is 1.57 bits per heavy atom. The van der Waals surface area contributed by atoms with Crippen molar-refractivity contribution in [2.24, 2.45) is 5.73 Å². The van der Waals surface area contributed by atoms with E-state index < -0.39 is 12.0 Å². The van der Waals surface area contributed by atoms with Gasteiger partial charge in [0.1, 0.15) is 6.10 Å². The highest BCUT2D eigenvalue weighted by molar-refractivity contribution is 5.76. The van der Waals surface area contributed by atoms with E-state index in [-0.39, 0.29) is 13.0 Å². The number of carbonyl (C=O) groups excluding carboxylic acids is 1. The Hall–Kier alpha value is -1.46. The number of aliphatic hydroxyl groups excluding tert-OH is 2. The highest BCUT2D eigenvalue weighted by Crippen LogP contribution is 2.10. The van der Waals surface area contributed by atoms with Crippen molar-refractivity contribution in [2.75, 3.05) is 6.61 Å². The molecule has 0 fully saturated rings. The predicted octanol–water partition coefficient (Wildman–Crippen LogP) is -0.865. The lowest BCUT2D eigenvalue weighted by Crippen LogP contribution is -2.14. The lowest BCUT2D eigenvalue weighted by molar-refractivity contribution is -0.117. The van der Waals surface area contributed by atoms with Crippen molar-refractivity contribution in [1.29, 1.82) is 0 Å². The number of primary amides is 1. The van der Waals surface area contributed by atoms with E-state index >= 15 is 0 Å². The summed E-state index contributed by atoms with van der Waals surface area (Å²) in [6.45, 7) is -0.350. The van der Waals surface area contributed by atoms with Gasteiger partial charge in [-0.15, -0.1) is 0 Å². The van der Waals surface area contributed by atoms with Gasteiger partial charge in [-0.25, -0.2) is 0 Å². The van der Waals surface area contributed by atoms with Gasteiger partial charge in [-0.05, 0) is 6.07 Å². The Labute approximate surface area is 81.2 Å². The molecular weight excluding hydrogens is 184 g/mol. The van der Waals surface area contributed by atoms with E-state index in [9.17, 15) is 9.90 Å². The molecule has 0 bridgehead atoms. The lowest BCUT2D eigenvalue weighted by atomic mass is 10.1. The fourth-order valence-electron chi connectivity index (χ4n) is 1.02. The third-order valence-electron chi connectivity index (χ3n) is 1.76. The number of pyridine rings is 1. The zero-order valence-corrected chi connectivity index (χ0v) is 7.55. The van der Waals surface area contributed by atoms with Crippen LogP contribution in [-0.4, -0.2) is 27.7 Å². The third-order valence-corrected chi connectivity index (χ3v) is 1.76. The minimum atomic E-state index is -0.926. The first-order valence-electron chi connectivity index (χ1n) is 4.15. The molecule has 1 rings (SSSR count). The van der Waals surface area contributed by atoms with Crippen molar-refractivity contribution >= 4 is 5.91 Å². The van der Waals surface area contributed by atoms with E-state index in [1.165, 1.54) is 6.20 Å². The third kappa shape index (κ3) is 2.79. The number of aromatic nitrogens is 1. The molecule has 0 saturated carbocycles. The molecule has 5 heteroatoms. The van der Waals surface area contributed by atoms with Crippen molar-refractivity contribution in [1.82, 2.24) is 4.98 Å². The van der Waals surface area contributed by atoms with Crippen molar-refractivity contribution in [2.45, 2.75) is 12.5 Å². The van der Waals surface area contributed by atoms with Crippen LogP contribution in [0.2, 0.25) is 0 Å². The molecule has 0 unspecified atom stereocenters. The first-order valence-corrected chi connectivity index (χ1v) is 4.15. The van der Waals surface area contributed by atoms with Crippen LogP contribution < -0.4 is 5.73 Å². The van der Waals surface area contributed by atoms with Crippen LogP contribution in [0.15, 0.2) is 18.3 Å². The van der Waals surface area contributed by atoms with Gasteiger partial charge in [0.25, 0.3) is 0 Å². The second-order valence-electron chi connectivity index (χ2n) is 2.92. The molecule has 0 aliphatic rings. The van der Waals surface area contributed by atoms with Crippen LogP contribution in [0.25, 0.3) is 0 Å². The molecule has 5 nitrogen and oxygen atoms in total. The van der Waals surface area contributed by atoms with Gasteiger partial charge in [0, 0.05) is 17.5 Å². The first kappa shape index (κ1) is 10.6. The summed E-state index contributed by atoms with van der Waals surface area (Å²) in [4.78, 5) is 14.5. The SMILES string of the molecule is NC(=O)Cc1ccc([C@@H](O)CO)cn1. The van der Waals surface area contributed by atoms with Crippen LogP contribution in [0.3, 0.4) is 0 Å². The highest BCUT2D eigenvalue weighted by atomic mass is 16.3. The van der Waals surface area contributed by atoms with Crippen molar-refractivity contribution in [3.05, 3.63) is 29.6 Å². The Kier molecular flexibility index (Phi) is 3.55. The van der Waals surface area contributed by atoms with Gasteiger partial charge in [0.15, 0.2) is 0 Å². The molecule has 0 aliphatic carbocycles. The smallest absolute Gasteiger partial charge is 0.223 e. The number of amides is 1. The molecule has 4 N–H and O–H groups in total. The molecule has 0 radical (unpaired) electrons. The standard InChI is InChI=1S/C9H12N2O3/c10-9(14)3-7-2-1-6(4-11-7)8(13)5-12/h1-2,4,8,12-13H,3,5H2,(H2,10,14)/t8-/m0/s1. The average molecular weight is 196 g/mol. The van der Waals surface area contributed by atoms with Gasteiger partial charge in [0.2, 0.25) is 5.91 Å². The summed E-state index contributed by atoms with van der Waals surface area (Å²) in [6.07, 6.45) is 0.569. The van der Waals surface area contributed by atoms with Crippen LogP contribution in [0, 0.1) is 0 Å². The first-order chi connectivity index (χ1) is 6.63. The van der Waals surface area contributed by atoms with Gasteiger partial charge >= 0.3 is 0 Å². The minimum Gasteiger partial charge on any atom is -0.393 e. The topological polar surface area (TPSA) is 96.4 Å². The normalized spacial score (nSPS) is 12.4. The number of hydrogen-bond donors (Lipinski definition) is 3. The fraction of sp³-hybridized carbons (Fsp3) is 0.333. The van der Waals surface area contributed by atoms with Crippen LogP contribution >= 0.6 is 0 Å². The number of carbonyl (C=O) groups is 1. The predicted molar refractivity (Wildman–Crippen MR) is 49.2 cm³/mol. The second-order valence-corrected chi connectivity index (χ2v) is 2.92. The van der Waals surface area contributed by atoms with Gasteiger partial charge in [-0.3, -0.25) is 9.78 Å². The molecule has 1 atom stereocenters. The van der Waals surface area contributed by atoms with Crippen molar-refractivity contribution < 1.29 is 15.0 Å². The van der Waals surface area contributed by atoms with Gasteiger partial charge in [0.05, 0.1) is 13.0 Å². The maximum absolute atomic E-state index is 10.5. The van der Waals surface area contributed by atoms with E-state index in [1.54, 1.807) is 12.1 Å². The second kappa shape index (κ2) is 4.69. The van der Waals surface area contributed by atoms with Crippen molar-refractivity contribution in [3.63, 3.8) is 0 Å².